The number of fused-ring (bicyclic) bond motifs is 1. The van der Waals surface area contributed by atoms with E-state index in [2.05, 4.69) is 57.4 Å². The largest absolute Gasteiger partial charge is 0.371 e. The maximum absolute atomic E-state index is 13.3. The molecule has 0 saturated carbocycles. The molecule has 3 aromatic carbocycles. The third kappa shape index (κ3) is 10.6. The Balaban J connectivity index is 0.640. The van der Waals surface area contributed by atoms with Crippen LogP contribution in [0.15, 0.2) is 107 Å². The highest BCUT2D eigenvalue weighted by Gasteiger charge is 2.39. The monoisotopic (exact) mass is 962 g/mol. The van der Waals surface area contributed by atoms with Crippen molar-refractivity contribution in [3.8, 4) is 0 Å². The first-order valence-electron chi connectivity index (χ1n) is 24.2. The summed E-state index contributed by atoms with van der Waals surface area (Å²) >= 11 is 1.51. The van der Waals surface area contributed by atoms with Gasteiger partial charge in [0.1, 0.15) is 22.6 Å². The molecule has 5 aliphatic rings. The molecule has 1 unspecified atom stereocenters. The minimum absolute atomic E-state index is 0.120. The molecule has 0 bridgehead atoms. The summed E-state index contributed by atoms with van der Waals surface area (Å²) < 4.78 is 0. The molecule has 0 radical (unpaired) electrons. The van der Waals surface area contributed by atoms with Gasteiger partial charge < -0.3 is 36.0 Å². The van der Waals surface area contributed by atoms with E-state index in [0.29, 0.717) is 29.3 Å². The first kappa shape index (κ1) is 46.8. The quantitative estimate of drug-likeness (QED) is 0.121. The number of aromatic nitrogens is 3. The molecule has 5 amide bonds. The predicted octanol–water partition coefficient (Wildman–Crippen LogP) is 5.07. The molecule has 7 heterocycles. The summed E-state index contributed by atoms with van der Waals surface area (Å²) in [6, 6.07) is 24.6. The summed E-state index contributed by atoms with van der Waals surface area (Å²) in [6.07, 6.45) is 9.88. The molecular formula is C52H58N12O5S. The van der Waals surface area contributed by atoms with Crippen LogP contribution >= 0.6 is 11.8 Å². The number of hydrogen-bond acceptors (Lipinski definition) is 14. The standard InChI is InChI=1S/C52H58N12O5S/c1-52(53)17-21-63(22-18-52)45-31-56-47(32-55-45)70-41-4-2-3-37(28-41)58-48(66)35-6-8-38(9-7-35)60-19-15-39(16-20-60)61-23-25-62(26-24-61)40-10-12-43(54-30-40)49(67)57-29-34-5-11-42-36(27-34)33-64(51(42)69)44-13-14-46(65)59-50(44)68/h2-12,27-28,30-32,39,44H,13-26,29,33,53H2,1H3,(H,57,67)(H,58,66)(H,59,65,68). The summed E-state index contributed by atoms with van der Waals surface area (Å²) in [7, 11) is 0. The third-order valence-electron chi connectivity index (χ3n) is 14.3. The lowest BCUT2D eigenvalue weighted by atomic mass is 9.91. The van der Waals surface area contributed by atoms with E-state index in [1.807, 2.05) is 66.9 Å². The molecule has 0 spiro atoms. The van der Waals surface area contributed by atoms with Gasteiger partial charge in [-0.25, -0.2) is 15.0 Å². The van der Waals surface area contributed by atoms with Crippen molar-refractivity contribution < 1.29 is 24.0 Å². The van der Waals surface area contributed by atoms with Crippen molar-refractivity contribution in [3.05, 3.63) is 125 Å². The Kier molecular flexibility index (Phi) is 13.5. The van der Waals surface area contributed by atoms with Crippen molar-refractivity contribution in [2.45, 2.75) is 86.1 Å². The fourth-order valence-corrected chi connectivity index (χ4v) is 10.9. The second-order valence-corrected chi connectivity index (χ2v) is 20.3. The van der Waals surface area contributed by atoms with E-state index in [1.54, 1.807) is 30.6 Å². The Morgan fingerprint density at radius 2 is 1.53 bits per heavy atom. The number of carbonyl (C=O) groups excluding carboxylic acids is 5. The molecule has 5 N–H and O–H groups in total. The molecule has 5 aromatic rings. The summed E-state index contributed by atoms with van der Waals surface area (Å²) in [5.41, 5.74) is 12.1. The normalized spacial score (nSPS) is 19.7. The van der Waals surface area contributed by atoms with Gasteiger partial charge in [0.15, 0.2) is 0 Å². The SMILES string of the molecule is CC1(N)CCN(c2cnc(Sc3cccc(NC(=O)c4ccc(N5CCC(N6CCN(c7ccc(C(=O)NCc8ccc9c(c8)CN(C8CCC(=O)NC8=O)C9=O)nc7)CC6)CC5)cc4)c3)cn2)CC1. The van der Waals surface area contributed by atoms with Gasteiger partial charge in [-0.2, -0.15) is 0 Å². The molecule has 17 nitrogen and oxygen atoms in total. The maximum Gasteiger partial charge on any atom is 0.270 e. The molecule has 4 fully saturated rings. The number of piperidine rings is 3. The molecule has 70 heavy (non-hydrogen) atoms. The van der Waals surface area contributed by atoms with Crippen LogP contribution in [-0.4, -0.2) is 124 Å². The number of anilines is 4. The van der Waals surface area contributed by atoms with Gasteiger partial charge in [-0.1, -0.05) is 30.0 Å². The lowest BCUT2D eigenvalue weighted by Crippen LogP contribution is -2.53. The number of nitrogens with zero attached hydrogens (tertiary/aromatic N) is 8. The minimum Gasteiger partial charge on any atom is -0.371 e. The topological polar surface area (TPSA) is 202 Å². The zero-order valence-electron chi connectivity index (χ0n) is 39.3. The van der Waals surface area contributed by atoms with E-state index in [9.17, 15) is 24.0 Å². The lowest BCUT2D eigenvalue weighted by Gasteiger charge is -2.43. The van der Waals surface area contributed by atoms with Gasteiger partial charge in [0.2, 0.25) is 11.8 Å². The number of benzene rings is 3. The first-order chi connectivity index (χ1) is 33.9. The number of rotatable bonds is 12. The maximum atomic E-state index is 13.3. The number of carbonyl (C=O) groups is 5. The second kappa shape index (κ2) is 20.2. The fourth-order valence-electron chi connectivity index (χ4n) is 10.1. The van der Waals surface area contributed by atoms with Crippen LogP contribution in [0.1, 0.15) is 87.8 Å². The van der Waals surface area contributed by atoms with Crippen LogP contribution < -0.4 is 36.4 Å². The average molecular weight is 963 g/mol. The van der Waals surface area contributed by atoms with Crippen LogP contribution in [0.2, 0.25) is 0 Å². The van der Waals surface area contributed by atoms with E-state index >= 15 is 0 Å². The van der Waals surface area contributed by atoms with Crippen LogP contribution in [-0.2, 0) is 22.7 Å². The molecule has 10 rings (SSSR count). The highest BCUT2D eigenvalue weighted by molar-refractivity contribution is 7.99. The summed E-state index contributed by atoms with van der Waals surface area (Å²) in [6.45, 7) is 9.93. The van der Waals surface area contributed by atoms with Crippen molar-refractivity contribution in [1.29, 1.82) is 0 Å². The van der Waals surface area contributed by atoms with Crippen molar-refractivity contribution in [2.75, 3.05) is 72.4 Å². The smallest absolute Gasteiger partial charge is 0.270 e. The van der Waals surface area contributed by atoms with Crippen molar-refractivity contribution in [1.82, 2.24) is 35.4 Å². The number of imide groups is 1. The van der Waals surface area contributed by atoms with Crippen molar-refractivity contribution in [3.63, 3.8) is 0 Å². The fraction of sp³-hybridized carbons (Fsp3) is 0.385. The zero-order valence-corrected chi connectivity index (χ0v) is 40.1. The van der Waals surface area contributed by atoms with Gasteiger partial charge in [0.25, 0.3) is 17.7 Å². The minimum atomic E-state index is -0.672. The van der Waals surface area contributed by atoms with Gasteiger partial charge in [-0.05, 0) is 111 Å². The van der Waals surface area contributed by atoms with Crippen LogP contribution in [0.5, 0.6) is 0 Å². The van der Waals surface area contributed by atoms with Gasteiger partial charge in [0.05, 0.1) is 24.3 Å². The van der Waals surface area contributed by atoms with Crippen LogP contribution in [0, 0.1) is 0 Å². The van der Waals surface area contributed by atoms with E-state index < -0.39 is 11.9 Å². The third-order valence-corrected chi connectivity index (χ3v) is 15.2. The highest BCUT2D eigenvalue weighted by Crippen LogP contribution is 2.32. The summed E-state index contributed by atoms with van der Waals surface area (Å²) in [5, 5.41) is 9.12. The lowest BCUT2D eigenvalue weighted by molar-refractivity contribution is -0.136. The van der Waals surface area contributed by atoms with E-state index in [0.717, 1.165) is 122 Å². The zero-order chi connectivity index (χ0) is 48.4. The number of nitrogens with one attached hydrogen (secondary N) is 3. The van der Waals surface area contributed by atoms with Gasteiger partial charge in [-0.15, -0.1) is 0 Å². The molecule has 0 aliphatic carbocycles. The Hall–Kier alpha value is -6.89. The molecule has 18 heteroatoms. The van der Waals surface area contributed by atoms with Gasteiger partial charge >= 0.3 is 0 Å². The molecule has 2 aromatic heterocycles. The number of piperazine rings is 1. The predicted molar refractivity (Wildman–Crippen MR) is 268 cm³/mol. The van der Waals surface area contributed by atoms with E-state index in [-0.39, 0.29) is 48.7 Å². The Morgan fingerprint density at radius 3 is 2.24 bits per heavy atom. The van der Waals surface area contributed by atoms with Gasteiger partial charge in [-0.3, -0.25) is 34.2 Å². The summed E-state index contributed by atoms with van der Waals surface area (Å²) in [4.78, 5) is 89.3. The van der Waals surface area contributed by atoms with E-state index in [4.69, 9.17) is 5.73 Å². The van der Waals surface area contributed by atoms with Crippen LogP contribution in [0.3, 0.4) is 0 Å². The highest BCUT2D eigenvalue weighted by atomic mass is 32.2. The first-order valence-corrected chi connectivity index (χ1v) is 25.0. The Bertz CT molecular complexity index is 2750. The molecule has 362 valence electrons. The number of hydrogen-bond donors (Lipinski definition) is 4. The number of amides is 5. The van der Waals surface area contributed by atoms with Crippen molar-refractivity contribution in [2.24, 2.45) is 5.73 Å². The molecule has 5 aliphatic heterocycles. The Labute approximate surface area is 411 Å². The van der Waals surface area contributed by atoms with Crippen LogP contribution in [0.25, 0.3) is 0 Å². The average Bonchev–Trinajstić information content (AvgIpc) is 3.70. The molecule has 4 saturated heterocycles. The van der Waals surface area contributed by atoms with Gasteiger partial charge in [0, 0.05) is 111 Å². The Morgan fingerprint density at radius 1 is 0.771 bits per heavy atom. The number of pyridine rings is 1. The van der Waals surface area contributed by atoms with Crippen LogP contribution in [0.4, 0.5) is 22.9 Å². The molecular weight excluding hydrogens is 905 g/mol. The summed E-state index contributed by atoms with van der Waals surface area (Å²) in [5.74, 6) is -0.570. The van der Waals surface area contributed by atoms with E-state index in [1.165, 1.54) is 16.7 Å². The van der Waals surface area contributed by atoms with Crippen molar-refractivity contribution >= 4 is 64.2 Å². The second-order valence-electron chi connectivity index (χ2n) is 19.2. The molecule has 1 atom stereocenters. The number of nitrogens with two attached hydrogens (primary N) is 1.